The first kappa shape index (κ1) is 21.3. The summed E-state index contributed by atoms with van der Waals surface area (Å²) in [5.41, 5.74) is 0.986. The molecule has 156 valence electrons. The van der Waals surface area contributed by atoms with E-state index in [9.17, 15) is 13.2 Å². The van der Waals surface area contributed by atoms with Crippen molar-refractivity contribution in [3.05, 3.63) is 54.1 Å². The molecule has 1 heterocycles. The number of carbonyl (C=O) groups excluding carboxylic acids is 1. The summed E-state index contributed by atoms with van der Waals surface area (Å²) in [6.07, 6.45) is 0.935. The number of carbonyl (C=O) groups is 1. The van der Waals surface area contributed by atoms with Crippen molar-refractivity contribution in [2.24, 2.45) is 0 Å². The van der Waals surface area contributed by atoms with E-state index < -0.39 is 10.0 Å². The summed E-state index contributed by atoms with van der Waals surface area (Å²) in [5.74, 6) is 0.349. The molecule has 1 unspecified atom stereocenters. The SMILES string of the molecule is CCC(C)Oc1cccc(C(=O)Nc2ccc(S(=O)(=O)N3CCOCC3)cc2)c1. The third kappa shape index (κ3) is 5.35. The van der Waals surface area contributed by atoms with Gasteiger partial charge >= 0.3 is 0 Å². The quantitative estimate of drug-likeness (QED) is 0.747. The second-order valence-electron chi connectivity index (χ2n) is 6.86. The van der Waals surface area contributed by atoms with E-state index in [0.29, 0.717) is 43.3 Å². The van der Waals surface area contributed by atoms with Gasteiger partial charge in [0.25, 0.3) is 5.91 Å². The molecule has 1 aliphatic rings. The molecule has 1 N–H and O–H groups in total. The molecule has 8 heteroatoms. The Labute approximate surface area is 171 Å². The van der Waals surface area contributed by atoms with Gasteiger partial charge in [-0.2, -0.15) is 4.31 Å². The first-order valence-corrected chi connectivity index (χ1v) is 11.1. The second-order valence-corrected chi connectivity index (χ2v) is 8.80. The van der Waals surface area contributed by atoms with Crippen LogP contribution in [0.25, 0.3) is 0 Å². The molecule has 3 rings (SSSR count). The van der Waals surface area contributed by atoms with Gasteiger partial charge in [0.05, 0.1) is 24.2 Å². The zero-order valence-corrected chi connectivity index (χ0v) is 17.4. The number of amides is 1. The highest BCUT2D eigenvalue weighted by molar-refractivity contribution is 7.89. The van der Waals surface area contributed by atoms with E-state index >= 15 is 0 Å². The van der Waals surface area contributed by atoms with Gasteiger partial charge in [0.2, 0.25) is 10.0 Å². The number of hydrogen-bond acceptors (Lipinski definition) is 5. The van der Waals surface area contributed by atoms with Gasteiger partial charge in [-0.3, -0.25) is 4.79 Å². The molecule has 29 heavy (non-hydrogen) atoms. The molecule has 1 saturated heterocycles. The molecule has 0 aromatic heterocycles. The molecule has 0 radical (unpaired) electrons. The molecule has 0 aliphatic carbocycles. The van der Waals surface area contributed by atoms with Gasteiger partial charge in [-0.1, -0.05) is 13.0 Å². The highest BCUT2D eigenvalue weighted by atomic mass is 32.2. The number of benzene rings is 2. The first-order chi connectivity index (χ1) is 13.9. The Bertz CT molecular complexity index is 938. The maximum absolute atomic E-state index is 12.7. The number of anilines is 1. The summed E-state index contributed by atoms with van der Waals surface area (Å²) in [6.45, 7) is 5.48. The van der Waals surface area contributed by atoms with Crippen LogP contribution in [0, 0.1) is 0 Å². The van der Waals surface area contributed by atoms with Crippen LogP contribution >= 0.6 is 0 Å². The summed E-state index contributed by atoms with van der Waals surface area (Å²) >= 11 is 0. The maximum Gasteiger partial charge on any atom is 0.255 e. The van der Waals surface area contributed by atoms with Crippen molar-refractivity contribution >= 4 is 21.6 Å². The van der Waals surface area contributed by atoms with Crippen molar-refractivity contribution in [3.8, 4) is 5.75 Å². The second kappa shape index (κ2) is 9.39. The summed E-state index contributed by atoms with van der Waals surface area (Å²) in [7, 11) is -3.56. The minimum absolute atomic E-state index is 0.0641. The number of sulfonamides is 1. The highest BCUT2D eigenvalue weighted by Crippen LogP contribution is 2.21. The van der Waals surface area contributed by atoms with Crippen LogP contribution in [0.5, 0.6) is 5.75 Å². The Balaban J connectivity index is 1.68. The van der Waals surface area contributed by atoms with Gasteiger partial charge < -0.3 is 14.8 Å². The lowest BCUT2D eigenvalue weighted by atomic mass is 10.2. The van der Waals surface area contributed by atoms with Crippen molar-refractivity contribution in [3.63, 3.8) is 0 Å². The third-order valence-corrected chi connectivity index (χ3v) is 6.64. The van der Waals surface area contributed by atoms with E-state index in [1.807, 2.05) is 19.9 Å². The Morgan fingerprint density at radius 1 is 1.17 bits per heavy atom. The minimum Gasteiger partial charge on any atom is -0.491 e. The smallest absolute Gasteiger partial charge is 0.255 e. The summed E-state index contributed by atoms with van der Waals surface area (Å²) in [4.78, 5) is 12.7. The van der Waals surface area contributed by atoms with E-state index in [1.54, 1.807) is 30.3 Å². The molecule has 1 aliphatic heterocycles. The number of rotatable bonds is 7. The van der Waals surface area contributed by atoms with Crippen LogP contribution in [0.4, 0.5) is 5.69 Å². The molecule has 0 saturated carbocycles. The van der Waals surface area contributed by atoms with E-state index in [0.717, 1.165) is 6.42 Å². The zero-order chi connectivity index (χ0) is 20.9. The van der Waals surface area contributed by atoms with Crippen LogP contribution in [0.2, 0.25) is 0 Å². The molecule has 0 spiro atoms. The fourth-order valence-electron chi connectivity index (χ4n) is 2.88. The largest absolute Gasteiger partial charge is 0.491 e. The molecular weight excluding hydrogens is 392 g/mol. The topological polar surface area (TPSA) is 84.9 Å². The third-order valence-electron chi connectivity index (χ3n) is 4.73. The normalized spacial score (nSPS) is 16.2. The lowest BCUT2D eigenvalue weighted by Gasteiger charge is -2.26. The Morgan fingerprint density at radius 3 is 2.52 bits per heavy atom. The molecule has 1 fully saturated rings. The summed E-state index contributed by atoms with van der Waals surface area (Å²) in [5, 5.41) is 2.79. The van der Waals surface area contributed by atoms with Gasteiger partial charge in [-0.05, 0) is 55.8 Å². The number of nitrogens with zero attached hydrogens (tertiary/aromatic N) is 1. The highest BCUT2D eigenvalue weighted by Gasteiger charge is 2.26. The minimum atomic E-state index is -3.56. The first-order valence-electron chi connectivity index (χ1n) is 9.66. The van der Waals surface area contributed by atoms with Crippen molar-refractivity contribution in [1.29, 1.82) is 0 Å². The van der Waals surface area contributed by atoms with E-state index in [2.05, 4.69) is 5.32 Å². The van der Waals surface area contributed by atoms with Crippen molar-refractivity contribution in [2.75, 3.05) is 31.6 Å². The van der Waals surface area contributed by atoms with Crippen LogP contribution in [0.1, 0.15) is 30.6 Å². The van der Waals surface area contributed by atoms with Gasteiger partial charge in [-0.25, -0.2) is 8.42 Å². The van der Waals surface area contributed by atoms with Crippen LogP contribution in [0.3, 0.4) is 0 Å². The number of morpholine rings is 1. The lowest BCUT2D eigenvalue weighted by Crippen LogP contribution is -2.40. The molecular formula is C21H26N2O5S. The summed E-state index contributed by atoms with van der Waals surface area (Å²) in [6, 6.07) is 13.2. The average molecular weight is 419 g/mol. The van der Waals surface area contributed by atoms with Crippen LogP contribution in [-0.2, 0) is 14.8 Å². The number of nitrogens with one attached hydrogen (secondary N) is 1. The standard InChI is InChI=1S/C21H26N2O5S/c1-3-16(2)28-19-6-4-5-17(15-19)21(24)22-18-7-9-20(10-8-18)29(25,26)23-11-13-27-14-12-23/h4-10,15-16H,3,11-14H2,1-2H3,(H,22,24). The van der Waals surface area contributed by atoms with Crippen LogP contribution in [0.15, 0.2) is 53.4 Å². The molecule has 1 atom stereocenters. The predicted octanol–water partition coefficient (Wildman–Crippen LogP) is 3.14. The molecule has 0 bridgehead atoms. The van der Waals surface area contributed by atoms with Crippen molar-refractivity contribution < 1.29 is 22.7 Å². The molecule has 2 aromatic rings. The van der Waals surface area contributed by atoms with Crippen LogP contribution in [-0.4, -0.2) is 51.0 Å². The summed E-state index contributed by atoms with van der Waals surface area (Å²) < 4.78 is 37.7. The predicted molar refractivity (Wildman–Crippen MR) is 111 cm³/mol. The van der Waals surface area contributed by atoms with Crippen molar-refractivity contribution in [1.82, 2.24) is 4.31 Å². The number of ether oxygens (including phenoxy) is 2. The zero-order valence-electron chi connectivity index (χ0n) is 16.6. The van der Waals surface area contributed by atoms with Crippen LogP contribution < -0.4 is 10.1 Å². The Hall–Kier alpha value is -2.42. The maximum atomic E-state index is 12.7. The Kier molecular flexibility index (Phi) is 6.89. The van der Waals surface area contributed by atoms with E-state index in [1.165, 1.54) is 16.4 Å². The fourth-order valence-corrected chi connectivity index (χ4v) is 4.28. The van der Waals surface area contributed by atoms with Gasteiger partial charge in [0.15, 0.2) is 0 Å². The number of hydrogen-bond donors (Lipinski definition) is 1. The monoisotopic (exact) mass is 418 g/mol. The van der Waals surface area contributed by atoms with Crippen molar-refractivity contribution in [2.45, 2.75) is 31.3 Å². The lowest BCUT2D eigenvalue weighted by molar-refractivity contribution is 0.0730. The van der Waals surface area contributed by atoms with Gasteiger partial charge in [-0.15, -0.1) is 0 Å². The molecule has 7 nitrogen and oxygen atoms in total. The van der Waals surface area contributed by atoms with Gasteiger partial charge in [0, 0.05) is 24.3 Å². The Morgan fingerprint density at radius 2 is 1.86 bits per heavy atom. The molecule has 2 aromatic carbocycles. The molecule has 1 amide bonds. The fraction of sp³-hybridized carbons (Fsp3) is 0.381. The van der Waals surface area contributed by atoms with E-state index in [4.69, 9.17) is 9.47 Å². The average Bonchev–Trinajstić information content (AvgIpc) is 2.75. The van der Waals surface area contributed by atoms with Gasteiger partial charge in [0.1, 0.15) is 5.75 Å². The van der Waals surface area contributed by atoms with E-state index in [-0.39, 0.29) is 16.9 Å².